The molecular formula is C13H21N3O. The molecule has 0 saturated carbocycles. The molecule has 1 aromatic heterocycles. The molecule has 0 amide bonds. The lowest BCUT2D eigenvalue weighted by molar-refractivity contribution is 0.156. The van der Waals surface area contributed by atoms with Gasteiger partial charge in [0.05, 0.1) is 12.8 Å². The monoisotopic (exact) mass is 235 g/mol. The molecule has 0 spiro atoms. The molecule has 1 aliphatic rings. The lowest BCUT2D eigenvalue weighted by atomic mass is 9.95. The van der Waals surface area contributed by atoms with Crippen molar-refractivity contribution >= 4 is 0 Å². The number of piperidine rings is 1. The van der Waals surface area contributed by atoms with Gasteiger partial charge in [0, 0.05) is 31.7 Å². The summed E-state index contributed by atoms with van der Waals surface area (Å²) in [6, 6.07) is 6.25. The zero-order chi connectivity index (χ0) is 12.3. The standard InChI is InChI=1S/C13H21N3O/c1-10-8-16(7-6-12(10)14)9-11-4-3-5-13(15-11)17-2/h3-5,10,12H,6-9,14H2,1-2H3. The zero-order valence-corrected chi connectivity index (χ0v) is 10.6. The van der Waals surface area contributed by atoms with Gasteiger partial charge in [-0.1, -0.05) is 13.0 Å². The summed E-state index contributed by atoms with van der Waals surface area (Å²) in [6.07, 6.45) is 1.07. The van der Waals surface area contributed by atoms with Crippen LogP contribution in [0.4, 0.5) is 0 Å². The van der Waals surface area contributed by atoms with Crippen LogP contribution in [0.25, 0.3) is 0 Å². The molecule has 2 N–H and O–H groups in total. The third-order valence-electron chi connectivity index (χ3n) is 3.43. The van der Waals surface area contributed by atoms with E-state index in [2.05, 4.69) is 16.8 Å². The molecule has 4 heteroatoms. The molecule has 2 rings (SSSR count). The highest BCUT2D eigenvalue weighted by molar-refractivity contribution is 5.15. The third kappa shape index (κ3) is 3.17. The van der Waals surface area contributed by atoms with E-state index in [1.165, 1.54) is 0 Å². The smallest absolute Gasteiger partial charge is 0.213 e. The number of likely N-dealkylation sites (tertiary alicyclic amines) is 1. The molecule has 0 aliphatic carbocycles. The topological polar surface area (TPSA) is 51.4 Å². The number of nitrogens with two attached hydrogens (primary N) is 1. The average molecular weight is 235 g/mol. The summed E-state index contributed by atoms with van der Waals surface area (Å²) < 4.78 is 5.13. The Kier molecular flexibility index (Phi) is 3.97. The molecule has 2 atom stereocenters. The molecule has 94 valence electrons. The summed E-state index contributed by atoms with van der Waals surface area (Å²) >= 11 is 0. The van der Waals surface area contributed by atoms with Crippen molar-refractivity contribution in [3.8, 4) is 5.88 Å². The Morgan fingerprint density at radius 1 is 1.53 bits per heavy atom. The van der Waals surface area contributed by atoms with Crippen LogP contribution in [-0.4, -0.2) is 36.1 Å². The maximum absolute atomic E-state index is 6.02. The number of rotatable bonds is 3. The summed E-state index contributed by atoms with van der Waals surface area (Å²) in [5, 5.41) is 0. The van der Waals surface area contributed by atoms with Gasteiger partial charge in [-0.05, 0) is 18.4 Å². The second kappa shape index (κ2) is 5.47. The quantitative estimate of drug-likeness (QED) is 0.857. The van der Waals surface area contributed by atoms with Crippen LogP contribution in [0.2, 0.25) is 0 Å². The molecule has 0 bridgehead atoms. The molecular weight excluding hydrogens is 214 g/mol. The Balaban J connectivity index is 1.96. The van der Waals surface area contributed by atoms with E-state index in [9.17, 15) is 0 Å². The summed E-state index contributed by atoms with van der Waals surface area (Å²) in [5.74, 6) is 1.25. The minimum absolute atomic E-state index is 0.351. The van der Waals surface area contributed by atoms with E-state index in [1.54, 1.807) is 7.11 Å². The predicted octanol–water partition coefficient (Wildman–Crippen LogP) is 1.26. The van der Waals surface area contributed by atoms with Crippen LogP contribution >= 0.6 is 0 Å². The molecule has 4 nitrogen and oxygen atoms in total. The second-order valence-corrected chi connectivity index (χ2v) is 4.84. The van der Waals surface area contributed by atoms with Crippen molar-refractivity contribution in [1.29, 1.82) is 0 Å². The first kappa shape index (κ1) is 12.3. The van der Waals surface area contributed by atoms with E-state index in [-0.39, 0.29) is 0 Å². The molecule has 1 saturated heterocycles. The molecule has 2 unspecified atom stereocenters. The molecule has 0 radical (unpaired) electrons. The van der Waals surface area contributed by atoms with Gasteiger partial charge in [0.15, 0.2) is 0 Å². The van der Waals surface area contributed by atoms with Crippen molar-refractivity contribution in [2.75, 3.05) is 20.2 Å². The van der Waals surface area contributed by atoms with Crippen LogP contribution in [0, 0.1) is 5.92 Å². The fraction of sp³-hybridized carbons (Fsp3) is 0.615. The Labute approximate surface area is 103 Å². The van der Waals surface area contributed by atoms with Crippen molar-refractivity contribution in [3.05, 3.63) is 23.9 Å². The van der Waals surface area contributed by atoms with Crippen LogP contribution in [0.1, 0.15) is 19.0 Å². The van der Waals surface area contributed by atoms with E-state index < -0.39 is 0 Å². The number of methoxy groups -OCH3 is 1. The lowest BCUT2D eigenvalue weighted by Crippen LogP contribution is -2.45. The number of aromatic nitrogens is 1. The van der Waals surface area contributed by atoms with Gasteiger partial charge in [0.2, 0.25) is 5.88 Å². The minimum atomic E-state index is 0.351. The first-order valence-corrected chi connectivity index (χ1v) is 6.17. The van der Waals surface area contributed by atoms with E-state index in [0.717, 1.165) is 31.7 Å². The van der Waals surface area contributed by atoms with Gasteiger partial charge in [0.25, 0.3) is 0 Å². The highest BCUT2D eigenvalue weighted by Gasteiger charge is 2.23. The van der Waals surface area contributed by atoms with Crippen LogP contribution in [0.5, 0.6) is 5.88 Å². The van der Waals surface area contributed by atoms with Crippen LogP contribution in [-0.2, 0) is 6.54 Å². The van der Waals surface area contributed by atoms with E-state index >= 15 is 0 Å². The van der Waals surface area contributed by atoms with Crippen molar-refractivity contribution in [3.63, 3.8) is 0 Å². The Morgan fingerprint density at radius 3 is 3.06 bits per heavy atom. The van der Waals surface area contributed by atoms with Gasteiger partial charge < -0.3 is 10.5 Å². The SMILES string of the molecule is COc1cccc(CN2CCC(N)C(C)C2)n1. The maximum atomic E-state index is 6.02. The normalized spacial score (nSPS) is 25.8. The number of hydrogen-bond donors (Lipinski definition) is 1. The van der Waals surface area contributed by atoms with Gasteiger partial charge in [-0.25, -0.2) is 4.98 Å². The van der Waals surface area contributed by atoms with Crippen LogP contribution < -0.4 is 10.5 Å². The average Bonchev–Trinajstić information content (AvgIpc) is 2.34. The van der Waals surface area contributed by atoms with Crippen LogP contribution in [0.15, 0.2) is 18.2 Å². The Morgan fingerprint density at radius 2 is 2.35 bits per heavy atom. The van der Waals surface area contributed by atoms with Gasteiger partial charge in [-0.3, -0.25) is 4.90 Å². The largest absolute Gasteiger partial charge is 0.481 e. The number of ether oxygens (including phenoxy) is 1. The molecule has 1 aromatic rings. The zero-order valence-electron chi connectivity index (χ0n) is 10.6. The minimum Gasteiger partial charge on any atom is -0.481 e. The summed E-state index contributed by atoms with van der Waals surface area (Å²) in [4.78, 5) is 6.85. The lowest BCUT2D eigenvalue weighted by Gasteiger charge is -2.34. The maximum Gasteiger partial charge on any atom is 0.213 e. The van der Waals surface area contributed by atoms with Gasteiger partial charge in [0.1, 0.15) is 0 Å². The summed E-state index contributed by atoms with van der Waals surface area (Å²) in [5.41, 5.74) is 7.08. The van der Waals surface area contributed by atoms with Crippen molar-refractivity contribution in [1.82, 2.24) is 9.88 Å². The van der Waals surface area contributed by atoms with Gasteiger partial charge >= 0.3 is 0 Å². The summed E-state index contributed by atoms with van der Waals surface area (Å²) in [6.45, 7) is 5.22. The van der Waals surface area contributed by atoms with Gasteiger partial charge in [-0.2, -0.15) is 0 Å². The Hall–Kier alpha value is -1.13. The predicted molar refractivity (Wildman–Crippen MR) is 67.8 cm³/mol. The van der Waals surface area contributed by atoms with Gasteiger partial charge in [-0.15, -0.1) is 0 Å². The molecule has 1 fully saturated rings. The van der Waals surface area contributed by atoms with Crippen molar-refractivity contribution < 1.29 is 4.74 Å². The molecule has 17 heavy (non-hydrogen) atoms. The third-order valence-corrected chi connectivity index (χ3v) is 3.43. The number of hydrogen-bond acceptors (Lipinski definition) is 4. The molecule has 2 heterocycles. The molecule has 0 aromatic carbocycles. The van der Waals surface area contributed by atoms with E-state index in [0.29, 0.717) is 17.8 Å². The Bertz CT molecular complexity index is 369. The van der Waals surface area contributed by atoms with Crippen molar-refractivity contribution in [2.24, 2.45) is 11.7 Å². The van der Waals surface area contributed by atoms with E-state index in [4.69, 9.17) is 10.5 Å². The second-order valence-electron chi connectivity index (χ2n) is 4.84. The highest BCUT2D eigenvalue weighted by atomic mass is 16.5. The first-order chi connectivity index (χ1) is 8.19. The fourth-order valence-electron chi connectivity index (χ4n) is 2.28. The summed E-state index contributed by atoms with van der Waals surface area (Å²) in [7, 11) is 1.65. The van der Waals surface area contributed by atoms with Crippen molar-refractivity contribution in [2.45, 2.75) is 25.9 Å². The van der Waals surface area contributed by atoms with E-state index in [1.807, 2.05) is 18.2 Å². The fourth-order valence-corrected chi connectivity index (χ4v) is 2.28. The molecule has 1 aliphatic heterocycles. The van der Waals surface area contributed by atoms with Crippen LogP contribution in [0.3, 0.4) is 0 Å². The number of pyridine rings is 1. The highest BCUT2D eigenvalue weighted by Crippen LogP contribution is 2.17. The first-order valence-electron chi connectivity index (χ1n) is 6.17. The number of nitrogens with zero attached hydrogens (tertiary/aromatic N) is 2.